The number of aryl methyl sites for hydroxylation is 1. The Balaban J connectivity index is 2.07. The number of imidazole rings is 1. The lowest BCUT2D eigenvalue weighted by atomic mass is 10.2. The van der Waals surface area contributed by atoms with Crippen LogP contribution in [0.2, 0.25) is 0 Å². The van der Waals surface area contributed by atoms with Gasteiger partial charge >= 0.3 is 0 Å². The van der Waals surface area contributed by atoms with E-state index in [2.05, 4.69) is 66.1 Å². The third-order valence-electron chi connectivity index (χ3n) is 3.39. The molecule has 0 fully saturated rings. The minimum Gasteiger partial charge on any atom is -0.323 e. The Bertz CT molecular complexity index is 668. The van der Waals surface area contributed by atoms with Crippen molar-refractivity contribution in [2.45, 2.75) is 26.3 Å². The molecule has 0 saturated heterocycles. The smallest absolute Gasteiger partial charge is 0.110 e. The Labute approximate surface area is 113 Å². The van der Waals surface area contributed by atoms with Gasteiger partial charge in [0, 0.05) is 13.0 Å². The van der Waals surface area contributed by atoms with Crippen LogP contribution >= 0.6 is 0 Å². The molecule has 1 aromatic heterocycles. The maximum absolute atomic E-state index is 4.76. The van der Waals surface area contributed by atoms with E-state index in [-0.39, 0.29) is 0 Å². The van der Waals surface area contributed by atoms with Crippen molar-refractivity contribution in [3.05, 3.63) is 66.0 Å². The topological polar surface area (TPSA) is 17.8 Å². The normalized spacial score (nSPS) is 11.0. The second kappa shape index (κ2) is 5.27. The molecule has 2 aromatic carbocycles. The predicted molar refractivity (Wildman–Crippen MR) is 79.3 cm³/mol. The molecule has 3 rings (SSSR count). The number of aromatic nitrogens is 2. The fourth-order valence-corrected chi connectivity index (χ4v) is 2.48. The van der Waals surface area contributed by atoms with E-state index in [1.807, 2.05) is 0 Å². The molecule has 0 amide bonds. The highest BCUT2D eigenvalue weighted by Crippen LogP contribution is 2.18. The van der Waals surface area contributed by atoms with E-state index < -0.39 is 0 Å². The second-order valence-electron chi connectivity index (χ2n) is 4.84. The van der Waals surface area contributed by atoms with Gasteiger partial charge in [-0.05, 0) is 24.1 Å². The molecule has 0 N–H and O–H groups in total. The number of hydrogen-bond donors (Lipinski definition) is 0. The van der Waals surface area contributed by atoms with Crippen molar-refractivity contribution < 1.29 is 0 Å². The first-order valence-corrected chi connectivity index (χ1v) is 6.86. The first-order valence-electron chi connectivity index (χ1n) is 6.86. The molecular formula is C17H18N2. The summed E-state index contributed by atoms with van der Waals surface area (Å²) in [5.74, 6) is 1.19. The average Bonchev–Trinajstić information content (AvgIpc) is 2.79. The Hall–Kier alpha value is -2.09. The Morgan fingerprint density at radius 3 is 2.47 bits per heavy atom. The van der Waals surface area contributed by atoms with Gasteiger partial charge < -0.3 is 4.57 Å². The summed E-state index contributed by atoms with van der Waals surface area (Å²) in [5, 5.41) is 0. The predicted octanol–water partition coefficient (Wildman–Crippen LogP) is 4.04. The lowest BCUT2D eigenvalue weighted by molar-refractivity contribution is 0.722. The summed E-state index contributed by atoms with van der Waals surface area (Å²) >= 11 is 0. The highest BCUT2D eigenvalue weighted by molar-refractivity contribution is 5.76. The molecule has 0 bridgehead atoms. The van der Waals surface area contributed by atoms with Gasteiger partial charge in [-0.3, -0.25) is 0 Å². The third-order valence-corrected chi connectivity index (χ3v) is 3.39. The molecule has 0 aliphatic heterocycles. The Morgan fingerprint density at radius 1 is 0.947 bits per heavy atom. The van der Waals surface area contributed by atoms with Crippen LogP contribution in [0.4, 0.5) is 0 Å². The molecule has 2 heteroatoms. The lowest BCUT2D eigenvalue weighted by Crippen LogP contribution is -2.04. The van der Waals surface area contributed by atoms with Crippen molar-refractivity contribution in [3.63, 3.8) is 0 Å². The molecule has 96 valence electrons. The molecule has 3 aromatic rings. The van der Waals surface area contributed by atoms with Gasteiger partial charge in [-0.2, -0.15) is 0 Å². The first kappa shape index (κ1) is 12.0. The molecule has 0 saturated carbocycles. The number of hydrogen-bond acceptors (Lipinski definition) is 1. The maximum Gasteiger partial charge on any atom is 0.110 e. The summed E-state index contributed by atoms with van der Waals surface area (Å²) in [6.07, 6.45) is 2.15. The van der Waals surface area contributed by atoms with Gasteiger partial charge in [0.15, 0.2) is 0 Å². The Kier molecular flexibility index (Phi) is 3.32. The summed E-state index contributed by atoms with van der Waals surface area (Å²) in [4.78, 5) is 4.76. The van der Waals surface area contributed by atoms with E-state index in [1.54, 1.807) is 0 Å². The van der Waals surface area contributed by atoms with Crippen molar-refractivity contribution in [1.29, 1.82) is 0 Å². The van der Waals surface area contributed by atoms with Crippen LogP contribution in [-0.4, -0.2) is 9.55 Å². The van der Waals surface area contributed by atoms with Crippen molar-refractivity contribution in [3.8, 4) is 0 Å². The van der Waals surface area contributed by atoms with Crippen LogP contribution in [0.5, 0.6) is 0 Å². The molecule has 0 unspecified atom stereocenters. The van der Waals surface area contributed by atoms with Crippen molar-refractivity contribution in [2.24, 2.45) is 0 Å². The van der Waals surface area contributed by atoms with E-state index in [0.717, 1.165) is 24.9 Å². The van der Waals surface area contributed by atoms with Gasteiger partial charge in [0.2, 0.25) is 0 Å². The van der Waals surface area contributed by atoms with Crippen LogP contribution in [0, 0.1) is 0 Å². The molecule has 0 radical (unpaired) electrons. The molecule has 0 spiro atoms. The van der Waals surface area contributed by atoms with Crippen LogP contribution < -0.4 is 0 Å². The number of nitrogens with zero attached hydrogens (tertiary/aromatic N) is 2. The standard InChI is InChI=1S/C17H18N2/c1-2-8-17-18-15-11-6-7-12-16(15)19(17)13-14-9-4-3-5-10-14/h3-7,9-12H,2,8,13H2,1H3. The van der Waals surface area contributed by atoms with E-state index in [0.29, 0.717) is 0 Å². The minimum absolute atomic E-state index is 0.899. The number of para-hydroxylation sites is 2. The van der Waals surface area contributed by atoms with Crippen LogP contribution in [0.15, 0.2) is 54.6 Å². The summed E-state index contributed by atoms with van der Waals surface area (Å²) in [5.41, 5.74) is 3.65. The van der Waals surface area contributed by atoms with Gasteiger partial charge in [0.05, 0.1) is 11.0 Å². The molecule has 0 aliphatic carbocycles. The van der Waals surface area contributed by atoms with Gasteiger partial charge in [0.25, 0.3) is 0 Å². The van der Waals surface area contributed by atoms with Gasteiger partial charge in [0.1, 0.15) is 5.82 Å². The van der Waals surface area contributed by atoms with Crippen LogP contribution in [0.1, 0.15) is 24.7 Å². The highest BCUT2D eigenvalue weighted by atomic mass is 15.1. The summed E-state index contributed by atoms with van der Waals surface area (Å²) in [6, 6.07) is 19.0. The molecular weight excluding hydrogens is 232 g/mol. The molecule has 0 aliphatic rings. The van der Waals surface area contributed by atoms with Crippen molar-refractivity contribution >= 4 is 11.0 Å². The van der Waals surface area contributed by atoms with E-state index >= 15 is 0 Å². The van der Waals surface area contributed by atoms with E-state index in [9.17, 15) is 0 Å². The first-order chi connectivity index (χ1) is 9.38. The average molecular weight is 250 g/mol. The maximum atomic E-state index is 4.76. The second-order valence-corrected chi connectivity index (χ2v) is 4.84. The van der Waals surface area contributed by atoms with Crippen LogP contribution in [-0.2, 0) is 13.0 Å². The quantitative estimate of drug-likeness (QED) is 0.683. The van der Waals surface area contributed by atoms with Crippen LogP contribution in [0.25, 0.3) is 11.0 Å². The monoisotopic (exact) mass is 250 g/mol. The minimum atomic E-state index is 0.899. The van der Waals surface area contributed by atoms with Crippen molar-refractivity contribution in [1.82, 2.24) is 9.55 Å². The zero-order chi connectivity index (χ0) is 13.1. The summed E-state index contributed by atoms with van der Waals surface area (Å²) < 4.78 is 2.34. The molecule has 0 atom stereocenters. The van der Waals surface area contributed by atoms with Crippen molar-refractivity contribution in [2.75, 3.05) is 0 Å². The van der Waals surface area contributed by atoms with Gasteiger partial charge in [-0.1, -0.05) is 49.4 Å². The van der Waals surface area contributed by atoms with E-state index in [4.69, 9.17) is 4.98 Å². The number of fused-ring (bicyclic) bond motifs is 1. The van der Waals surface area contributed by atoms with Crippen LogP contribution in [0.3, 0.4) is 0 Å². The lowest BCUT2D eigenvalue weighted by Gasteiger charge is -2.08. The molecule has 19 heavy (non-hydrogen) atoms. The zero-order valence-corrected chi connectivity index (χ0v) is 11.2. The largest absolute Gasteiger partial charge is 0.323 e. The number of benzene rings is 2. The molecule has 1 heterocycles. The highest BCUT2D eigenvalue weighted by Gasteiger charge is 2.09. The summed E-state index contributed by atoms with van der Waals surface area (Å²) in [6.45, 7) is 3.10. The third kappa shape index (κ3) is 2.39. The molecule has 2 nitrogen and oxygen atoms in total. The van der Waals surface area contributed by atoms with Gasteiger partial charge in [-0.25, -0.2) is 4.98 Å². The fraction of sp³-hybridized carbons (Fsp3) is 0.235. The fourth-order valence-electron chi connectivity index (χ4n) is 2.48. The summed E-state index contributed by atoms with van der Waals surface area (Å²) in [7, 11) is 0. The number of rotatable bonds is 4. The zero-order valence-electron chi connectivity index (χ0n) is 11.2. The van der Waals surface area contributed by atoms with Gasteiger partial charge in [-0.15, -0.1) is 0 Å². The Morgan fingerprint density at radius 2 is 1.68 bits per heavy atom. The SMILES string of the molecule is CCCc1nc2ccccc2n1Cc1ccccc1. The van der Waals surface area contributed by atoms with E-state index in [1.165, 1.54) is 16.9 Å².